The molecule has 4 heteroatoms. The minimum atomic E-state index is 0.0272. The van der Waals surface area contributed by atoms with Gasteiger partial charge < -0.3 is 14.4 Å². The van der Waals surface area contributed by atoms with Gasteiger partial charge >= 0.3 is 0 Å². The van der Waals surface area contributed by atoms with Gasteiger partial charge in [0.15, 0.2) is 11.5 Å². The van der Waals surface area contributed by atoms with Crippen molar-refractivity contribution in [1.82, 2.24) is 4.90 Å². The SMILES string of the molecule is CCN(Cc1ccc(OC)c(OC)c1)C(=O)CC(c1ccccc1)c1ccccc1. The molecule has 0 radical (unpaired) electrons. The van der Waals surface area contributed by atoms with Gasteiger partial charge in [0.25, 0.3) is 0 Å². The van der Waals surface area contributed by atoms with Crippen LogP contribution >= 0.6 is 0 Å². The van der Waals surface area contributed by atoms with Gasteiger partial charge in [-0.3, -0.25) is 4.79 Å². The first-order chi connectivity index (χ1) is 14.7. The summed E-state index contributed by atoms with van der Waals surface area (Å²) in [7, 11) is 3.24. The maximum absolute atomic E-state index is 13.3. The van der Waals surface area contributed by atoms with Gasteiger partial charge in [-0.05, 0) is 35.7 Å². The van der Waals surface area contributed by atoms with E-state index in [0.717, 1.165) is 16.7 Å². The Morgan fingerprint density at radius 3 is 1.90 bits per heavy atom. The number of benzene rings is 3. The number of nitrogens with zero attached hydrogens (tertiary/aromatic N) is 1. The minimum absolute atomic E-state index is 0.0272. The number of carbonyl (C=O) groups excluding carboxylic acids is 1. The molecule has 1 amide bonds. The maximum atomic E-state index is 13.3. The predicted molar refractivity (Wildman–Crippen MR) is 120 cm³/mol. The van der Waals surface area contributed by atoms with Crippen LogP contribution in [0.3, 0.4) is 0 Å². The molecule has 0 bridgehead atoms. The highest BCUT2D eigenvalue weighted by Crippen LogP contribution is 2.30. The van der Waals surface area contributed by atoms with Crippen LogP contribution in [0.15, 0.2) is 78.9 Å². The van der Waals surface area contributed by atoms with Crippen LogP contribution in [0.5, 0.6) is 11.5 Å². The Hall–Kier alpha value is -3.27. The summed E-state index contributed by atoms with van der Waals surface area (Å²) >= 11 is 0. The molecule has 0 saturated carbocycles. The van der Waals surface area contributed by atoms with Crippen LogP contribution < -0.4 is 9.47 Å². The predicted octanol–water partition coefficient (Wildman–Crippen LogP) is 5.27. The van der Waals surface area contributed by atoms with Gasteiger partial charge in [0.05, 0.1) is 14.2 Å². The Morgan fingerprint density at radius 2 is 1.40 bits per heavy atom. The van der Waals surface area contributed by atoms with Gasteiger partial charge in [0, 0.05) is 25.4 Å². The van der Waals surface area contributed by atoms with Crippen molar-refractivity contribution < 1.29 is 14.3 Å². The molecule has 0 aromatic heterocycles. The van der Waals surface area contributed by atoms with Gasteiger partial charge in [-0.25, -0.2) is 0 Å². The van der Waals surface area contributed by atoms with Crippen LogP contribution in [-0.4, -0.2) is 31.6 Å². The highest BCUT2D eigenvalue weighted by molar-refractivity contribution is 5.78. The second-order valence-corrected chi connectivity index (χ2v) is 7.18. The quantitative estimate of drug-likeness (QED) is 0.488. The Kier molecular flexibility index (Phi) is 7.50. The summed E-state index contributed by atoms with van der Waals surface area (Å²) in [6, 6.07) is 26.3. The van der Waals surface area contributed by atoms with Gasteiger partial charge in [-0.1, -0.05) is 66.7 Å². The average molecular weight is 404 g/mol. The lowest BCUT2D eigenvalue weighted by Crippen LogP contribution is -2.31. The van der Waals surface area contributed by atoms with Crippen molar-refractivity contribution in [2.24, 2.45) is 0 Å². The second-order valence-electron chi connectivity index (χ2n) is 7.18. The molecule has 0 aliphatic rings. The molecule has 0 spiro atoms. The fourth-order valence-corrected chi connectivity index (χ4v) is 3.68. The van der Waals surface area contributed by atoms with Gasteiger partial charge in [-0.15, -0.1) is 0 Å². The highest BCUT2D eigenvalue weighted by atomic mass is 16.5. The molecule has 0 fully saturated rings. The first kappa shape index (κ1) is 21.4. The summed E-state index contributed by atoms with van der Waals surface area (Å²) in [6.07, 6.45) is 0.426. The molecular weight excluding hydrogens is 374 g/mol. The minimum Gasteiger partial charge on any atom is -0.493 e. The molecule has 3 aromatic rings. The lowest BCUT2D eigenvalue weighted by atomic mass is 9.88. The van der Waals surface area contributed by atoms with Crippen molar-refractivity contribution in [2.75, 3.05) is 20.8 Å². The zero-order valence-electron chi connectivity index (χ0n) is 17.9. The van der Waals surface area contributed by atoms with Crippen LogP contribution in [0.2, 0.25) is 0 Å². The van der Waals surface area contributed by atoms with E-state index in [1.54, 1.807) is 14.2 Å². The van der Waals surface area contributed by atoms with Crippen LogP contribution in [0.4, 0.5) is 0 Å². The Balaban J connectivity index is 1.80. The van der Waals surface area contributed by atoms with Crippen molar-refractivity contribution in [3.05, 3.63) is 95.6 Å². The van der Waals surface area contributed by atoms with Crippen LogP contribution in [0.1, 0.15) is 36.0 Å². The van der Waals surface area contributed by atoms with Crippen LogP contribution in [0.25, 0.3) is 0 Å². The number of ether oxygens (including phenoxy) is 2. The van der Waals surface area contributed by atoms with Crippen molar-refractivity contribution >= 4 is 5.91 Å². The number of hydrogen-bond acceptors (Lipinski definition) is 3. The molecular formula is C26H29NO3. The summed E-state index contributed by atoms with van der Waals surface area (Å²) in [4.78, 5) is 15.2. The van der Waals surface area contributed by atoms with Crippen LogP contribution in [0, 0.1) is 0 Å². The number of amides is 1. The Bertz CT molecular complexity index is 902. The van der Waals surface area contributed by atoms with E-state index in [-0.39, 0.29) is 11.8 Å². The standard InChI is InChI=1S/C26H29NO3/c1-4-27(19-20-15-16-24(29-2)25(17-20)30-3)26(28)18-23(21-11-7-5-8-12-21)22-13-9-6-10-14-22/h5-17,23H,4,18-19H2,1-3H3. The van der Waals surface area contributed by atoms with E-state index in [1.165, 1.54) is 0 Å². The third-order valence-corrected chi connectivity index (χ3v) is 5.34. The second kappa shape index (κ2) is 10.5. The van der Waals surface area contributed by atoms with E-state index in [4.69, 9.17) is 9.47 Å². The van der Waals surface area contributed by atoms with Crippen molar-refractivity contribution in [3.63, 3.8) is 0 Å². The van der Waals surface area contributed by atoms with Crippen LogP contribution in [-0.2, 0) is 11.3 Å². The molecule has 0 aliphatic heterocycles. The first-order valence-corrected chi connectivity index (χ1v) is 10.2. The summed E-state index contributed by atoms with van der Waals surface area (Å²) < 4.78 is 10.7. The average Bonchev–Trinajstić information content (AvgIpc) is 2.81. The number of carbonyl (C=O) groups is 1. The van der Waals surface area contributed by atoms with E-state index in [9.17, 15) is 4.79 Å². The maximum Gasteiger partial charge on any atom is 0.223 e. The third kappa shape index (κ3) is 5.20. The number of methoxy groups -OCH3 is 2. The molecule has 4 nitrogen and oxygen atoms in total. The first-order valence-electron chi connectivity index (χ1n) is 10.2. The topological polar surface area (TPSA) is 38.8 Å². The molecule has 0 N–H and O–H groups in total. The van der Waals surface area contributed by atoms with E-state index in [1.807, 2.05) is 66.4 Å². The summed E-state index contributed by atoms with van der Waals surface area (Å²) in [5.41, 5.74) is 3.32. The number of hydrogen-bond donors (Lipinski definition) is 0. The summed E-state index contributed by atoms with van der Waals surface area (Å²) in [5, 5.41) is 0. The molecule has 3 rings (SSSR count). The van der Waals surface area contributed by atoms with Gasteiger partial charge in [-0.2, -0.15) is 0 Å². The normalized spacial score (nSPS) is 10.7. The van der Waals surface area contributed by atoms with E-state index in [0.29, 0.717) is 31.0 Å². The third-order valence-electron chi connectivity index (χ3n) is 5.34. The molecule has 0 aliphatic carbocycles. The molecule has 30 heavy (non-hydrogen) atoms. The van der Waals surface area contributed by atoms with Crippen molar-refractivity contribution in [3.8, 4) is 11.5 Å². The molecule has 0 atom stereocenters. The summed E-state index contributed by atoms with van der Waals surface area (Å²) in [6.45, 7) is 3.19. The molecule has 3 aromatic carbocycles. The Morgan fingerprint density at radius 1 is 0.833 bits per heavy atom. The van der Waals surface area contributed by atoms with Crippen molar-refractivity contribution in [1.29, 1.82) is 0 Å². The monoisotopic (exact) mass is 403 g/mol. The zero-order chi connectivity index (χ0) is 21.3. The van der Waals surface area contributed by atoms with E-state index < -0.39 is 0 Å². The number of rotatable bonds is 9. The van der Waals surface area contributed by atoms with E-state index in [2.05, 4.69) is 24.3 Å². The lowest BCUT2D eigenvalue weighted by Gasteiger charge is -2.25. The highest BCUT2D eigenvalue weighted by Gasteiger charge is 2.22. The van der Waals surface area contributed by atoms with E-state index >= 15 is 0 Å². The zero-order valence-corrected chi connectivity index (χ0v) is 17.9. The molecule has 156 valence electrons. The fourth-order valence-electron chi connectivity index (χ4n) is 3.68. The van der Waals surface area contributed by atoms with Gasteiger partial charge in [0.2, 0.25) is 5.91 Å². The fraction of sp³-hybridized carbons (Fsp3) is 0.269. The molecule has 0 unspecified atom stereocenters. The molecule has 0 saturated heterocycles. The largest absolute Gasteiger partial charge is 0.493 e. The van der Waals surface area contributed by atoms with Gasteiger partial charge in [0.1, 0.15) is 0 Å². The smallest absolute Gasteiger partial charge is 0.223 e. The molecule has 0 heterocycles. The summed E-state index contributed by atoms with van der Waals surface area (Å²) in [5.74, 6) is 1.51. The Labute approximate surface area is 179 Å². The lowest BCUT2D eigenvalue weighted by molar-refractivity contribution is -0.131. The van der Waals surface area contributed by atoms with Crippen molar-refractivity contribution in [2.45, 2.75) is 25.8 Å².